The number of carbonyl (C=O) groups excluding carboxylic acids is 1. The highest BCUT2D eigenvalue weighted by Crippen LogP contribution is 2.18. The van der Waals surface area contributed by atoms with Gasteiger partial charge in [0.15, 0.2) is 0 Å². The van der Waals surface area contributed by atoms with Gasteiger partial charge in [0.05, 0.1) is 5.56 Å². The van der Waals surface area contributed by atoms with Crippen molar-refractivity contribution < 1.29 is 9.18 Å². The van der Waals surface area contributed by atoms with Crippen LogP contribution >= 0.6 is 11.6 Å². The fourth-order valence-corrected chi connectivity index (χ4v) is 1.76. The minimum Gasteiger partial charge on any atom is -0.388 e. The van der Waals surface area contributed by atoms with E-state index in [1.165, 1.54) is 18.2 Å². The minimum atomic E-state index is -0.603. The second-order valence-corrected chi connectivity index (χ2v) is 4.34. The molecule has 0 bridgehead atoms. The van der Waals surface area contributed by atoms with Gasteiger partial charge >= 0.3 is 0 Å². The van der Waals surface area contributed by atoms with E-state index in [-0.39, 0.29) is 5.56 Å². The van der Waals surface area contributed by atoms with Gasteiger partial charge in [-0.15, -0.1) is 0 Å². The van der Waals surface area contributed by atoms with Gasteiger partial charge in [-0.25, -0.2) is 4.39 Å². The normalized spacial score (nSPS) is 10.1. The zero-order chi connectivity index (χ0) is 13.8. The lowest BCUT2D eigenvalue weighted by Crippen LogP contribution is -2.13. The summed E-state index contributed by atoms with van der Waals surface area (Å²) in [6, 6.07) is 10.9. The van der Waals surface area contributed by atoms with Gasteiger partial charge in [0.2, 0.25) is 0 Å². The Balaban J connectivity index is 2.18. The van der Waals surface area contributed by atoms with E-state index >= 15 is 0 Å². The summed E-state index contributed by atoms with van der Waals surface area (Å²) >= 11 is 5.75. The summed E-state index contributed by atoms with van der Waals surface area (Å²) < 4.78 is 13.5. The quantitative estimate of drug-likeness (QED) is 0.897. The molecule has 2 N–H and O–H groups in total. The Hall–Kier alpha value is -2.07. The molecular weight excluding hydrogens is 267 g/mol. The van der Waals surface area contributed by atoms with E-state index in [2.05, 4.69) is 10.6 Å². The summed E-state index contributed by atoms with van der Waals surface area (Å²) in [5.74, 6) is -1.13. The van der Waals surface area contributed by atoms with Crippen molar-refractivity contribution in [1.29, 1.82) is 0 Å². The Morgan fingerprint density at radius 2 is 1.74 bits per heavy atom. The molecule has 0 aliphatic rings. The first kappa shape index (κ1) is 13.4. The lowest BCUT2D eigenvalue weighted by atomic mass is 10.2. The smallest absolute Gasteiger partial charge is 0.258 e. The summed E-state index contributed by atoms with van der Waals surface area (Å²) in [6.07, 6.45) is 0. The predicted molar refractivity (Wildman–Crippen MR) is 75.4 cm³/mol. The van der Waals surface area contributed by atoms with Crippen LogP contribution in [0.5, 0.6) is 0 Å². The first-order valence-electron chi connectivity index (χ1n) is 5.64. The Morgan fingerprint density at radius 3 is 2.37 bits per heavy atom. The van der Waals surface area contributed by atoms with Crippen molar-refractivity contribution in [3.05, 3.63) is 58.9 Å². The van der Waals surface area contributed by atoms with E-state index in [1.54, 1.807) is 19.2 Å². The summed E-state index contributed by atoms with van der Waals surface area (Å²) in [4.78, 5) is 11.9. The van der Waals surface area contributed by atoms with Gasteiger partial charge in [-0.3, -0.25) is 4.79 Å². The molecule has 0 saturated carbocycles. The van der Waals surface area contributed by atoms with Gasteiger partial charge in [-0.2, -0.15) is 0 Å². The highest BCUT2D eigenvalue weighted by Gasteiger charge is 2.12. The van der Waals surface area contributed by atoms with Gasteiger partial charge in [-0.05, 0) is 42.5 Å². The van der Waals surface area contributed by atoms with Crippen LogP contribution in [0.4, 0.5) is 15.8 Å². The van der Waals surface area contributed by atoms with Crippen LogP contribution in [0.25, 0.3) is 0 Å². The SMILES string of the molecule is CNc1ccc(NC(=O)c2cc(Cl)ccc2F)cc1. The van der Waals surface area contributed by atoms with E-state index in [4.69, 9.17) is 11.6 Å². The van der Waals surface area contributed by atoms with Crippen LogP contribution in [-0.4, -0.2) is 13.0 Å². The molecule has 1 amide bonds. The Morgan fingerprint density at radius 1 is 1.11 bits per heavy atom. The molecule has 3 nitrogen and oxygen atoms in total. The van der Waals surface area contributed by atoms with Crippen molar-refractivity contribution in [2.45, 2.75) is 0 Å². The summed E-state index contributed by atoms with van der Waals surface area (Å²) in [5, 5.41) is 5.89. The monoisotopic (exact) mass is 278 g/mol. The maximum Gasteiger partial charge on any atom is 0.258 e. The highest BCUT2D eigenvalue weighted by molar-refractivity contribution is 6.31. The summed E-state index contributed by atoms with van der Waals surface area (Å²) in [7, 11) is 1.80. The molecule has 2 rings (SSSR count). The average Bonchev–Trinajstić information content (AvgIpc) is 2.42. The van der Waals surface area contributed by atoms with E-state index in [1.807, 2.05) is 12.1 Å². The van der Waals surface area contributed by atoms with Crippen LogP contribution < -0.4 is 10.6 Å². The standard InChI is InChI=1S/C14H12ClFN2O/c1-17-10-3-5-11(6-4-10)18-14(19)12-8-9(15)2-7-13(12)16/h2-8,17H,1H3,(H,18,19). The number of hydrogen-bond donors (Lipinski definition) is 2. The molecule has 0 fully saturated rings. The van der Waals surface area contributed by atoms with E-state index in [0.29, 0.717) is 10.7 Å². The van der Waals surface area contributed by atoms with Crippen LogP contribution in [0.15, 0.2) is 42.5 Å². The molecule has 5 heteroatoms. The van der Waals surface area contributed by atoms with Crippen LogP contribution in [0.1, 0.15) is 10.4 Å². The third kappa shape index (κ3) is 3.23. The predicted octanol–water partition coefficient (Wildman–Crippen LogP) is 3.77. The molecule has 0 heterocycles. The summed E-state index contributed by atoms with van der Waals surface area (Å²) in [5.41, 5.74) is 1.43. The van der Waals surface area contributed by atoms with Crippen LogP contribution in [0, 0.1) is 5.82 Å². The highest BCUT2D eigenvalue weighted by atomic mass is 35.5. The van der Waals surface area contributed by atoms with Gasteiger partial charge in [-0.1, -0.05) is 11.6 Å². The Bertz CT molecular complexity index is 599. The van der Waals surface area contributed by atoms with Gasteiger partial charge in [0.25, 0.3) is 5.91 Å². The first-order chi connectivity index (χ1) is 9.10. The van der Waals surface area contributed by atoms with Crippen molar-refractivity contribution in [3.8, 4) is 0 Å². The fourth-order valence-electron chi connectivity index (χ4n) is 1.59. The number of anilines is 2. The van der Waals surface area contributed by atoms with Gasteiger partial charge in [0, 0.05) is 23.4 Å². The van der Waals surface area contributed by atoms with E-state index < -0.39 is 11.7 Å². The molecule has 0 aromatic heterocycles. The molecule has 2 aromatic rings. The fraction of sp³-hybridized carbons (Fsp3) is 0.0714. The molecule has 0 unspecified atom stereocenters. The molecule has 0 aliphatic heterocycles. The number of benzene rings is 2. The molecule has 2 aromatic carbocycles. The lowest BCUT2D eigenvalue weighted by Gasteiger charge is -2.07. The Labute approximate surface area is 115 Å². The topological polar surface area (TPSA) is 41.1 Å². The van der Waals surface area contributed by atoms with Crippen molar-refractivity contribution in [3.63, 3.8) is 0 Å². The maximum absolute atomic E-state index is 13.5. The largest absolute Gasteiger partial charge is 0.388 e. The molecule has 0 aliphatic carbocycles. The third-order valence-electron chi connectivity index (χ3n) is 2.60. The van der Waals surface area contributed by atoms with E-state index in [0.717, 1.165) is 5.69 Å². The number of rotatable bonds is 3. The third-order valence-corrected chi connectivity index (χ3v) is 2.84. The minimum absolute atomic E-state index is 0.0785. The molecule has 0 atom stereocenters. The molecule has 98 valence electrons. The second kappa shape index (κ2) is 5.71. The van der Waals surface area contributed by atoms with Crippen LogP contribution in [0.3, 0.4) is 0 Å². The molecule has 0 spiro atoms. The second-order valence-electron chi connectivity index (χ2n) is 3.91. The van der Waals surface area contributed by atoms with Gasteiger partial charge in [0.1, 0.15) is 5.82 Å². The first-order valence-corrected chi connectivity index (χ1v) is 6.02. The molecular formula is C14H12ClFN2O. The number of halogens is 2. The number of carbonyl (C=O) groups is 1. The maximum atomic E-state index is 13.5. The van der Waals surface area contributed by atoms with Crippen LogP contribution in [0.2, 0.25) is 5.02 Å². The van der Waals surface area contributed by atoms with Crippen LogP contribution in [-0.2, 0) is 0 Å². The number of amides is 1. The lowest BCUT2D eigenvalue weighted by molar-refractivity contribution is 0.102. The zero-order valence-electron chi connectivity index (χ0n) is 10.2. The van der Waals surface area contributed by atoms with E-state index in [9.17, 15) is 9.18 Å². The number of hydrogen-bond acceptors (Lipinski definition) is 2. The van der Waals surface area contributed by atoms with Crippen molar-refractivity contribution in [2.75, 3.05) is 17.7 Å². The Kier molecular flexibility index (Phi) is 4.02. The molecule has 0 radical (unpaired) electrons. The average molecular weight is 279 g/mol. The summed E-state index contributed by atoms with van der Waals surface area (Å²) in [6.45, 7) is 0. The van der Waals surface area contributed by atoms with Gasteiger partial charge < -0.3 is 10.6 Å². The number of nitrogens with one attached hydrogen (secondary N) is 2. The molecule has 19 heavy (non-hydrogen) atoms. The van der Waals surface area contributed by atoms with Crippen molar-refractivity contribution in [2.24, 2.45) is 0 Å². The van der Waals surface area contributed by atoms with Crippen molar-refractivity contribution >= 4 is 28.9 Å². The zero-order valence-corrected chi connectivity index (χ0v) is 11.0. The molecule has 0 saturated heterocycles. The van der Waals surface area contributed by atoms with Crippen molar-refractivity contribution in [1.82, 2.24) is 0 Å².